The molecular formula is C16H21N3O3. The van der Waals surface area contributed by atoms with Crippen molar-refractivity contribution in [1.82, 2.24) is 9.36 Å². The molecule has 0 bridgehead atoms. The van der Waals surface area contributed by atoms with Gasteiger partial charge >= 0.3 is 6.09 Å². The molecule has 6 heteroatoms. The Bertz CT molecular complexity index is 729. The number of para-hydroxylation sites is 1. The first-order valence-electron chi connectivity index (χ1n) is 7.13. The molecular weight excluding hydrogens is 282 g/mol. The third-order valence-corrected chi connectivity index (χ3v) is 3.47. The number of anilines is 1. The van der Waals surface area contributed by atoms with Crippen molar-refractivity contribution in [3.05, 3.63) is 46.4 Å². The molecule has 0 aliphatic heterocycles. The van der Waals surface area contributed by atoms with Crippen LogP contribution in [0.1, 0.15) is 19.5 Å². The maximum Gasteiger partial charge on any atom is 0.414 e. The molecule has 0 spiro atoms. The molecule has 0 saturated heterocycles. The minimum absolute atomic E-state index is 0.240. The SMILES string of the molecule is Cc1c(N(C)C(=O)OC(C)C)c(=O)n(-c2ccccc2)n1C. The summed E-state index contributed by atoms with van der Waals surface area (Å²) in [5.74, 6) is 0. The summed E-state index contributed by atoms with van der Waals surface area (Å²) in [4.78, 5) is 26.1. The van der Waals surface area contributed by atoms with Crippen LogP contribution in [0.4, 0.5) is 10.5 Å². The summed E-state index contributed by atoms with van der Waals surface area (Å²) >= 11 is 0. The van der Waals surface area contributed by atoms with E-state index in [0.29, 0.717) is 11.4 Å². The Hall–Kier alpha value is -2.50. The van der Waals surface area contributed by atoms with Gasteiger partial charge in [-0.15, -0.1) is 0 Å². The number of carbonyl (C=O) groups excluding carboxylic acids is 1. The van der Waals surface area contributed by atoms with E-state index in [1.54, 1.807) is 39.5 Å². The minimum atomic E-state index is -0.541. The van der Waals surface area contributed by atoms with E-state index < -0.39 is 6.09 Å². The van der Waals surface area contributed by atoms with Crippen molar-refractivity contribution in [1.29, 1.82) is 0 Å². The summed E-state index contributed by atoms with van der Waals surface area (Å²) in [6.45, 7) is 5.34. The van der Waals surface area contributed by atoms with Crippen molar-refractivity contribution in [3.63, 3.8) is 0 Å². The average Bonchev–Trinajstić information content (AvgIpc) is 2.69. The highest BCUT2D eigenvalue weighted by molar-refractivity contribution is 5.87. The van der Waals surface area contributed by atoms with E-state index in [0.717, 1.165) is 5.69 Å². The Morgan fingerprint density at radius 3 is 2.36 bits per heavy atom. The van der Waals surface area contributed by atoms with Gasteiger partial charge in [-0.3, -0.25) is 14.4 Å². The summed E-state index contributed by atoms with van der Waals surface area (Å²) in [7, 11) is 3.33. The fourth-order valence-corrected chi connectivity index (χ4v) is 2.31. The maximum atomic E-state index is 12.7. The molecule has 0 aliphatic carbocycles. The van der Waals surface area contributed by atoms with Crippen LogP contribution in [0.5, 0.6) is 0 Å². The van der Waals surface area contributed by atoms with Crippen LogP contribution in [0, 0.1) is 6.92 Å². The van der Waals surface area contributed by atoms with Gasteiger partial charge in [-0.1, -0.05) is 18.2 Å². The zero-order chi connectivity index (χ0) is 16.4. The first-order chi connectivity index (χ1) is 10.3. The van der Waals surface area contributed by atoms with Gasteiger partial charge < -0.3 is 4.74 Å². The number of hydrogen-bond donors (Lipinski definition) is 0. The molecule has 0 saturated carbocycles. The normalized spacial score (nSPS) is 10.8. The van der Waals surface area contributed by atoms with E-state index in [1.807, 2.05) is 30.3 Å². The Morgan fingerprint density at radius 1 is 1.23 bits per heavy atom. The summed E-state index contributed by atoms with van der Waals surface area (Å²) in [6, 6.07) is 9.30. The van der Waals surface area contributed by atoms with Crippen molar-refractivity contribution in [3.8, 4) is 5.69 Å². The topological polar surface area (TPSA) is 56.5 Å². The van der Waals surface area contributed by atoms with Crippen LogP contribution in [0.2, 0.25) is 0 Å². The standard InChI is InChI=1S/C16H21N3O3/c1-11(2)22-16(21)17(4)14-12(3)18(5)19(15(14)20)13-9-7-6-8-10-13/h6-11H,1-5H3. The fourth-order valence-electron chi connectivity index (χ4n) is 2.31. The van der Waals surface area contributed by atoms with E-state index in [2.05, 4.69) is 0 Å². The molecule has 2 aromatic rings. The predicted octanol–water partition coefficient (Wildman–Crippen LogP) is 2.47. The lowest BCUT2D eigenvalue weighted by atomic mass is 10.3. The Kier molecular flexibility index (Phi) is 4.40. The zero-order valence-corrected chi connectivity index (χ0v) is 13.5. The van der Waals surface area contributed by atoms with Gasteiger partial charge in [-0.05, 0) is 32.9 Å². The van der Waals surface area contributed by atoms with Crippen molar-refractivity contribution >= 4 is 11.8 Å². The highest BCUT2D eigenvalue weighted by Gasteiger charge is 2.24. The molecule has 6 nitrogen and oxygen atoms in total. The van der Waals surface area contributed by atoms with Crippen molar-refractivity contribution < 1.29 is 9.53 Å². The largest absolute Gasteiger partial charge is 0.446 e. The Balaban J connectivity index is 2.52. The first-order valence-corrected chi connectivity index (χ1v) is 7.13. The molecule has 0 aliphatic rings. The molecule has 2 rings (SSSR count). The van der Waals surface area contributed by atoms with Gasteiger partial charge in [0.1, 0.15) is 5.69 Å². The molecule has 0 fully saturated rings. The number of hydrogen-bond acceptors (Lipinski definition) is 3. The van der Waals surface area contributed by atoms with Crippen molar-refractivity contribution in [2.24, 2.45) is 7.05 Å². The molecule has 0 atom stereocenters. The van der Waals surface area contributed by atoms with Gasteiger partial charge in [-0.2, -0.15) is 0 Å². The molecule has 1 aromatic carbocycles. The van der Waals surface area contributed by atoms with E-state index in [9.17, 15) is 9.59 Å². The van der Waals surface area contributed by atoms with Crippen molar-refractivity contribution in [2.45, 2.75) is 26.9 Å². The average molecular weight is 303 g/mol. The number of rotatable bonds is 3. The lowest BCUT2D eigenvalue weighted by molar-refractivity contribution is 0.124. The molecule has 0 unspecified atom stereocenters. The second kappa shape index (κ2) is 6.09. The third-order valence-electron chi connectivity index (χ3n) is 3.47. The monoisotopic (exact) mass is 303 g/mol. The van der Waals surface area contributed by atoms with E-state index >= 15 is 0 Å². The quantitative estimate of drug-likeness (QED) is 0.875. The summed E-state index contributed by atoms with van der Waals surface area (Å²) in [5.41, 5.74) is 1.50. The molecule has 22 heavy (non-hydrogen) atoms. The van der Waals surface area contributed by atoms with Gasteiger partial charge in [0.2, 0.25) is 0 Å². The van der Waals surface area contributed by atoms with E-state index in [4.69, 9.17) is 4.74 Å². The first kappa shape index (κ1) is 15.9. The lowest BCUT2D eigenvalue weighted by Crippen LogP contribution is -2.33. The predicted molar refractivity (Wildman–Crippen MR) is 85.8 cm³/mol. The molecule has 1 heterocycles. The lowest BCUT2D eigenvalue weighted by Gasteiger charge is -2.17. The van der Waals surface area contributed by atoms with Crippen LogP contribution >= 0.6 is 0 Å². The summed E-state index contributed by atoms with van der Waals surface area (Å²) in [5, 5.41) is 0. The highest BCUT2D eigenvalue weighted by Crippen LogP contribution is 2.18. The van der Waals surface area contributed by atoms with Gasteiger partial charge in [0.15, 0.2) is 0 Å². The smallest absolute Gasteiger partial charge is 0.414 e. The van der Waals surface area contributed by atoms with E-state index in [-0.39, 0.29) is 11.7 Å². The minimum Gasteiger partial charge on any atom is -0.446 e. The molecule has 1 aromatic heterocycles. The highest BCUT2D eigenvalue weighted by atomic mass is 16.6. The van der Waals surface area contributed by atoms with Gasteiger partial charge in [0, 0.05) is 14.1 Å². The van der Waals surface area contributed by atoms with E-state index in [1.165, 1.54) is 9.58 Å². The molecule has 0 N–H and O–H groups in total. The summed E-state index contributed by atoms with van der Waals surface area (Å²) < 4.78 is 8.42. The van der Waals surface area contributed by atoms with Crippen LogP contribution in [0.15, 0.2) is 35.1 Å². The van der Waals surface area contributed by atoms with Gasteiger partial charge in [-0.25, -0.2) is 9.48 Å². The van der Waals surface area contributed by atoms with Crippen LogP contribution in [0.3, 0.4) is 0 Å². The van der Waals surface area contributed by atoms with Gasteiger partial charge in [0.05, 0.1) is 17.5 Å². The van der Waals surface area contributed by atoms with Crippen LogP contribution in [-0.2, 0) is 11.8 Å². The van der Waals surface area contributed by atoms with Gasteiger partial charge in [0.25, 0.3) is 5.56 Å². The Morgan fingerprint density at radius 2 is 1.82 bits per heavy atom. The molecule has 118 valence electrons. The number of ether oxygens (including phenoxy) is 1. The second-order valence-corrected chi connectivity index (χ2v) is 5.40. The Labute approximate surface area is 129 Å². The number of nitrogens with zero attached hydrogens (tertiary/aromatic N) is 3. The number of carbonyl (C=O) groups is 1. The molecule has 1 amide bonds. The van der Waals surface area contributed by atoms with Crippen LogP contribution in [0.25, 0.3) is 5.69 Å². The zero-order valence-electron chi connectivity index (χ0n) is 13.5. The van der Waals surface area contributed by atoms with Crippen LogP contribution in [-0.4, -0.2) is 28.6 Å². The fraction of sp³-hybridized carbons (Fsp3) is 0.375. The number of aromatic nitrogens is 2. The maximum absolute atomic E-state index is 12.7. The molecule has 0 radical (unpaired) electrons. The summed E-state index contributed by atoms with van der Waals surface area (Å²) in [6.07, 6.45) is -0.781. The number of amides is 1. The third kappa shape index (κ3) is 2.77. The van der Waals surface area contributed by atoms with Crippen LogP contribution < -0.4 is 10.5 Å². The number of benzene rings is 1. The van der Waals surface area contributed by atoms with Crippen molar-refractivity contribution in [2.75, 3.05) is 11.9 Å². The second-order valence-electron chi connectivity index (χ2n) is 5.40.